The third-order valence-electron chi connectivity index (χ3n) is 4.06. The van der Waals surface area contributed by atoms with Crippen molar-refractivity contribution in [3.63, 3.8) is 0 Å². The number of likely N-dealkylation sites (tertiary alicyclic amines) is 1. The van der Waals surface area contributed by atoms with Gasteiger partial charge in [-0.3, -0.25) is 9.59 Å². The van der Waals surface area contributed by atoms with E-state index in [-0.39, 0.29) is 30.5 Å². The Kier molecular flexibility index (Phi) is 5.69. The Balaban J connectivity index is 2.02. The van der Waals surface area contributed by atoms with Gasteiger partial charge in [-0.2, -0.15) is 0 Å². The molecule has 4 nitrogen and oxygen atoms in total. The van der Waals surface area contributed by atoms with Crippen LogP contribution in [0.15, 0.2) is 12.1 Å². The van der Waals surface area contributed by atoms with Crippen LogP contribution in [0.2, 0.25) is 0 Å². The van der Waals surface area contributed by atoms with Crippen LogP contribution in [0, 0.1) is 24.5 Å². The molecule has 0 aliphatic carbocycles. The molecule has 1 aromatic rings. The molecule has 0 saturated carbocycles. The summed E-state index contributed by atoms with van der Waals surface area (Å²) < 4.78 is 33.0. The van der Waals surface area contributed by atoms with E-state index in [1.807, 2.05) is 6.92 Å². The van der Waals surface area contributed by atoms with Crippen molar-refractivity contribution in [2.75, 3.05) is 19.7 Å². The number of halogens is 2. The predicted octanol–water partition coefficient (Wildman–Crippen LogP) is 3.08. The lowest BCUT2D eigenvalue weighted by atomic mass is 9.96. The number of amides is 1. The summed E-state index contributed by atoms with van der Waals surface area (Å²) in [6.07, 6.45) is 1.65. The Bertz CT molecular complexity index is 596. The number of aryl methyl sites for hydroxylation is 1. The van der Waals surface area contributed by atoms with Crippen molar-refractivity contribution >= 4 is 11.9 Å². The van der Waals surface area contributed by atoms with Gasteiger partial charge in [-0.25, -0.2) is 8.78 Å². The molecule has 6 heteroatoms. The molecule has 1 aliphatic heterocycles. The van der Waals surface area contributed by atoms with E-state index in [1.54, 1.807) is 0 Å². The van der Waals surface area contributed by atoms with E-state index in [2.05, 4.69) is 0 Å². The van der Waals surface area contributed by atoms with E-state index in [0.717, 1.165) is 12.5 Å². The normalized spacial score (nSPS) is 15.6. The lowest BCUT2D eigenvalue weighted by molar-refractivity contribution is -0.150. The molecule has 0 N–H and O–H groups in total. The zero-order valence-electron chi connectivity index (χ0n) is 13.4. The van der Waals surface area contributed by atoms with Gasteiger partial charge in [0.25, 0.3) is 5.91 Å². The van der Waals surface area contributed by atoms with E-state index in [4.69, 9.17) is 4.74 Å². The molecule has 126 valence electrons. The van der Waals surface area contributed by atoms with E-state index >= 15 is 0 Å². The maximum atomic E-state index is 14.1. The van der Waals surface area contributed by atoms with Crippen molar-refractivity contribution in [2.24, 2.45) is 5.92 Å². The molecule has 2 rings (SSSR count). The average Bonchev–Trinajstić information content (AvgIpc) is 2.56. The van der Waals surface area contributed by atoms with Crippen LogP contribution in [-0.2, 0) is 9.53 Å². The van der Waals surface area contributed by atoms with Crippen LogP contribution < -0.4 is 0 Å². The number of piperidine rings is 1. The van der Waals surface area contributed by atoms with Crippen LogP contribution in [0.25, 0.3) is 0 Å². The van der Waals surface area contributed by atoms with Crippen molar-refractivity contribution in [2.45, 2.75) is 33.1 Å². The number of carbonyl (C=O) groups is 2. The number of nitrogens with zero attached hydrogens (tertiary/aromatic N) is 1. The highest BCUT2D eigenvalue weighted by Crippen LogP contribution is 2.23. The number of hydrogen-bond acceptors (Lipinski definition) is 3. The van der Waals surface area contributed by atoms with Crippen LogP contribution in [0.4, 0.5) is 8.78 Å². The molecule has 23 heavy (non-hydrogen) atoms. The third kappa shape index (κ3) is 3.86. The standard InChI is InChI=1S/C17H21F2NO3/c1-3-10-23-17(22)12-6-8-20(9-7-12)16(21)14-13(18)5-4-11(2)15(14)19/h4-5,12H,3,6-10H2,1-2H3. The molecule has 0 radical (unpaired) electrons. The smallest absolute Gasteiger partial charge is 0.309 e. The van der Waals surface area contributed by atoms with Gasteiger partial charge in [0.05, 0.1) is 12.5 Å². The first-order chi connectivity index (χ1) is 11.0. The second-order valence-corrected chi connectivity index (χ2v) is 5.79. The molecule has 1 amide bonds. The molecule has 1 aromatic carbocycles. The fourth-order valence-corrected chi connectivity index (χ4v) is 2.65. The average molecular weight is 325 g/mol. The molecule has 0 spiro atoms. The van der Waals surface area contributed by atoms with Crippen molar-refractivity contribution in [1.29, 1.82) is 0 Å². The van der Waals surface area contributed by atoms with Gasteiger partial charge in [-0.05, 0) is 37.8 Å². The molecule has 0 aromatic heterocycles. The van der Waals surface area contributed by atoms with Crippen molar-refractivity contribution in [1.82, 2.24) is 4.90 Å². The fraction of sp³-hybridized carbons (Fsp3) is 0.529. The number of esters is 1. The van der Waals surface area contributed by atoms with E-state index in [0.29, 0.717) is 19.4 Å². The van der Waals surface area contributed by atoms with Crippen LogP contribution in [0.1, 0.15) is 42.1 Å². The zero-order chi connectivity index (χ0) is 17.0. The van der Waals surface area contributed by atoms with Gasteiger partial charge in [0.15, 0.2) is 0 Å². The largest absolute Gasteiger partial charge is 0.465 e. The number of benzene rings is 1. The van der Waals surface area contributed by atoms with Crippen molar-refractivity contribution < 1.29 is 23.1 Å². The molecule has 0 atom stereocenters. The Morgan fingerprint density at radius 1 is 1.26 bits per heavy atom. The highest BCUT2D eigenvalue weighted by atomic mass is 19.1. The van der Waals surface area contributed by atoms with Crippen LogP contribution in [0.3, 0.4) is 0 Å². The predicted molar refractivity (Wildman–Crippen MR) is 81.0 cm³/mol. The third-order valence-corrected chi connectivity index (χ3v) is 4.06. The number of carbonyl (C=O) groups excluding carboxylic acids is 2. The molecule has 1 saturated heterocycles. The van der Waals surface area contributed by atoms with Gasteiger partial charge in [-0.15, -0.1) is 0 Å². The van der Waals surface area contributed by atoms with Crippen molar-refractivity contribution in [3.8, 4) is 0 Å². The summed E-state index contributed by atoms with van der Waals surface area (Å²) in [4.78, 5) is 25.6. The first-order valence-corrected chi connectivity index (χ1v) is 7.86. The molecule has 1 heterocycles. The summed E-state index contributed by atoms with van der Waals surface area (Å²) in [5.41, 5.74) is -0.287. The Hall–Kier alpha value is -1.98. The number of rotatable bonds is 4. The summed E-state index contributed by atoms with van der Waals surface area (Å²) >= 11 is 0. The fourth-order valence-electron chi connectivity index (χ4n) is 2.65. The second-order valence-electron chi connectivity index (χ2n) is 5.79. The summed E-state index contributed by atoms with van der Waals surface area (Å²) in [6, 6.07) is 2.40. The lowest BCUT2D eigenvalue weighted by Crippen LogP contribution is -2.41. The minimum Gasteiger partial charge on any atom is -0.465 e. The van der Waals surface area contributed by atoms with Gasteiger partial charge in [0.1, 0.15) is 17.2 Å². The summed E-state index contributed by atoms with van der Waals surface area (Å²) in [6.45, 7) is 4.37. The summed E-state index contributed by atoms with van der Waals surface area (Å²) in [5, 5.41) is 0. The molecule has 0 bridgehead atoms. The second kappa shape index (κ2) is 7.53. The zero-order valence-corrected chi connectivity index (χ0v) is 13.4. The highest BCUT2D eigenvalue weighted by molar-refractivity contribution is 5.95. The molecule has 0 unspecified atom stereocenters. The first kappa shape index (κ1) is 17.4. The van der Waals surface area contributed by atoms with Gasteiger partial charge in [-0.1, -0.05) is 13.0 Å². The van der Waals surface area contributed by atoms with Gasteiger partial charge in [0.2, 0.25) is 0 Å². The maximum absolute atomic E-state index is 14.1. The Morgan fingerprint density at radius 2 is 1.91 bits per heavy atom. The number of hydrogen-bond donors (Lipinski definition) is 0. The van der Waals surface area contributed by atoms with Gasteiger partial charge < -0.3 is 9.64 Å². The van der Waals surface area contributed by atoms with Crippen LogP contribution >= 0.6 is 0 Å². The van der Waals surface area contributed by atoms with Crippen LogP contribution in [-0.4, -0.2) is 36.5 Å². The summed E-state index contributed by atoms with van der Waals surface area (Å²) in [7, 11) is 0. The molecular weight excluding hydrogens is 304 g/mol. The topological polar surface area (TPSA) is 46.6 Å². The highest BCUT2D eigenvalue weighted by Gasteiger charge is 2.31. The van der Waals surface area contributed by atoms with E-state index in [1.165, 1.54) is 17.9 Å². The monoisotopic (exact) mass is 325 g/mol. The minimum absolute atomic E-state index is 0.229. The van der Waals surface area contributed by atoms with E-state index < -0.39 is 23.1 Å². The Morgan fingerprint density at radius 3 is 2.52 bits per heavy atom. The molecule has 1 aliphatic rings. The van der Waals surface area contributed by atoms with Gasteiger partial charge in [0, 0.05) is 13.1 Å². The Labute approximate surface area is 134 Å². The minimum atomic E-state index is -0.859. The van der Waals surface area contributed by atoms with Crippen molar-refractivity contribution in [3.05, 3.63) is 34.9 Å². The lowest BCUT2D eigenvalue weighted by Gasteiger charge is -2.31. The van der Waals surface area contributed by atoms with E-state index in [9.17, 15) is 18.4 Å². The first-order valence-electron chi connectivity index (χ1n) is 7.86. The van der Waals surface area contributed by atoms with Gasteiger partial charge >= 0.3 is 5.97 Å². The maximum Gasteiger partial charge on any atom is 0.309 e. The molecule has 1 fully saturated rings. The SMILES string of the molecule is CCCOC(=O)C1CCN(C(=O)c2c(F)ccc(C)c2F)CC1. The summed E-state index contributed by atoms with van der Waals surface area (Å²) in [5.74, 6) is -2.85. The quantitative estimate of drug-likeness (QED) is 0.799. The molecular formula is C17H21F2NO3. The number of ether oxygens (including phenoxy) is 1. The van der Waals surface area contributed by atoms with Crippen LogP contribution in [0.5, 0.6) is 0 Å².